The first-order chi connectivity index (χ1) is 20.1. The third-order valence-electron chi connectivity index (χ3n) is 7.96. The van der Waals surface area contributed by atoms with Crippen LogP contribution in [0.5, 0.6) is 0 Å². The molecule has 0 radical (unpaired) electrons. The number of ether oxygens (including phenoxy) is 1. The Hall–Kier alpha value is -3.65. The monoisotopic (exact) mass is 589 g/mol. The van der Waals surface area contributed by atoms with Crippen LogP contribution in [0.15, 0.2) is 54.7 Å². The number of halogens is 1. The molecule has 9 heteroatoms. The molecule has 3 heterocycles. The number of hydrogen-bond donors (Lipinski definition) is 0. The summed E-state index contributed by atoms with van der Waals surface area (Å²) in [5, 5.41) is 0.716. The van der Waals surface area contributed by atoms with Crippen LogP contribution in [-0.2, 0) is 17.6 Å². The Balaban J connectivity index is 1.37. The van der Waals surface area contributed by atoms with Gasteiger partial charge in [0.2, 0.25) is 5.95 Å². The first-order valence-corrected chi connectivity index (χ1v) is 15.2. The predicted molar refractivity (Wildman–Crippen MR) is 165 cm³/mol. The number of aryl methyl sites for hydroxylation is 3. The van der Waals surface area contributed by atoms with E-state index in [4.69, 9.17) is 26.3 Å². The standard InChI is InChI=1S/C33H40ClN5O3/c1-23-8-5-6-9-24(23)13-16-28-27(30(40)37-18-20-38(21-19-37)32(41)42-33(2,3)4)22-35-31(36-28)39-17-7-10-29(39)25-11-14-26(34)15-12-25/h5-6,8-9,11-12,14-15,22,29H,7,10,13,16-21H2,1-4H3/t29-/m1/s1. The third kappa shape index (κ3) is 7.04. The molecule has 2 saturated heterocycles. The van der Waals surface area contributed by atoms with Crippen LogP contribution in [0.3, 0.4) is 0 Å². The predicted octanol–water partition coefficient (Wildman–Crippen LogP) is 6.26. The summed E-state index contributed by atoms with van der Waals surface area (Å²) in [6.07, 6.45) is 4.80. The van der Waals surface area contributed by atoms with Gasteiger partial charge in [0.05, 0.1) is 17.3 Å². The molecule has 1 aromatic heterocycles. The molecule has 0 bridgehead atoms. The van der Waals surface area contributed by atoms with E-state index in [1.54, 1.807) is 16.0 Å². The number of anilines is 1. The SMILES string of the molecule is Cc1ccccc1CCc1nc(N2CCC[C@@H]2c2ccc(Cl)cc2)ncc1C(=O)N1CCN(C(=O)OC(C)(C)C)CC1. The van der Waals surface area contributed by atoms with Gasteiger partial charge in [0.25, 0.3) is 5.91 Å². The van der Waals surface area contributed by atoms with Gasteiger partial charge in [-0.3, -0.25) is 4.79 Å². The summed E-state index contributed by atoms with van der Waals surface area (Å²) < 4.78 is 5.52. The number of piperazine rings is 1. The molecule has 3 aromatic rings. The topological polar surface area (TPSA) is 78.9 Å². The van der Waals surface area contributed by atoms with Crippen molar-refractivity contribution in [1.29, 1.82) is 0 Å². The van der Waals surface area contributed by atoms with Crippen LogP contribution in [0.1, 0.15) is 72.4 Å². The number of nitrogens with zero attached hydrogens (tertiary/aromatic N) is 5. The molecule has 42 heavy (non-hydrogen) atoms. The van der Waals surface area contributed by atoms with E-state index in [0.29, 0.717) is 49.1 Å². The fraction of sp³-hybridized carbons (Fsp3) is 0.455. The van der Waals surface area contributed by atoms with Gasteiger partial charge in [0.1, 0.15) is 5.60 Å². The first-order valence-electron chi connectivity index (χ1n) is 14.8. The Morgan fingerprint density at radius 1 is 0.952 bits per heavy atom. The van der Waals surface area contributed by atoms with E-state index in [1.807, 2.05) is 45.0 Å². The first kappa shape index (κ1) is 29.8. The van der Waals surface area contributed by atoms with Gasteiger partial charge in [0.15, 0.2) is 0 Å². The Labute approximate surface area is 253 Å². The summed E-state index contributed by atoms with van der Waals surface area (Å²) in [6.45, 7) is 10.2. The number of carbonyl (C=O) groups excluding carboxylic acids is 2. The van der Waals surface area contributed by atoms with Crippen molar-refractivity contribution in [1.82, 2.24) is 19.8 Å². The number of aromatic nitrogens is 2. The zero-order valence-corrected chi connectivity index (χ0v) is 25.7. The van der Waals surface area contributed by atoms with Crippen molar-refractivity contribution in [3.05, 3.63) is 87.7 Å². The van der Waals surface area contributed by atoms with Crippen LogP contribution in [-0.4, -0.2) is 70.1 Å². The summed E-state index contributed by atoms with van der Waals surface area (Å²) in [6, 6.07) is 16.5. The smallest absolute Gasteiger partial charge is 0.410 e. The highest BCUT2D eigenvalue weighted by atomic mass is 35.5. The Morgan fingerprint density at radius 2 is 1.64 bits per heavy atom. The molecule has 2 aromatic carbocycles. The molecular weight excluding hydrogens is 550 g/mol. The number of carbonyl (C=O) groups is 2. The van der Waals surface area contributed by atoms with E-state index in [0.717, 1.165) is 31.5 Å². The number of benzene rings is 2. The molecule has 0 N–H and O–H groups in total. The minimum Gasteiger partial charge on any atom is -0.444 e. The second-order valence-electron chi connectivity index (χ2n) is 12.1. The Morgan fingerprint density at radius 3 is 2.33 bits per heavy atom. The lowest BCUT2D eigenvalue weighted by atomic mass is 10.0. The lowest BCUT2D eigenvalue weighted by Crippen LogP contribution is -2.51. The van der Waals surface area contributed by atoms with Gasteiger partial charge in [0, 0.05) is 43.9 Å². The molecular formula is C33H40ClN5O3. The maximum atomic E-state index is 13.8. The fourth-order valence-electron chi connectivity index (χ4n) is 5.68. The molecule has 8 nitrogen and oxygen atoms in total. The van der Waals surface area contributed by atoms with Crippen LogP contribution >= 0.6 is 11.6 Å². The average molecular weight is 590 g/mol. The summed E-state index contributed by atoms with van der Waals surface area (Å²) in [4.78, 5) is 41.9. The van der Waals surface area contributed by atoms with Crippen molar-refractivity contribution in [2.75, 3.05) is 37.6 Å². The minimum absolute atomic E-state index is 0.0964. The van der Waals surface area contributed by atoms with E-state index in [9.17, 15) is 9.59 Å². The van der Waals surface area contributed by atoms with Crippen LogP contribution in [0.25, 0.3) is 0 Å². The van der Waals surface area contributed by atoms with Crippen molar-refractivity contribution in [3.8, 4) is 0 Å². The molecule has 5 rings (SSSR count). The van der Waals surface area contributed by atoms with Crippen molar-refractivity contribution in [2.24, 2.45) is 0 Å². The van der Waals surface area contributed by atoms with Crippen LogP contribution in [0.2, 0.25) is 5.02 Å². The molecule has 2 aliphatic heterocycles. The third-order valence-corrected chi connectivity index (χ3v) is 8.21. The minimum atomic E-state index is -0.558. The number of rotatable bonds is 6. The van der Waals surface area contributed by atoms with Gasteiger partial charge >= 0.3 is 6.09 Å². The second kappa shape index (κ2) is 12.7. The fourth-order valence-corrected chi connectivity index (χ4v) is 5.81. The summed E-state index contributed by atoms with van der Waals surface area (Å²) in [7, 11) is 0. The molecule has 0 unspecified atom stereocenters. The highest BCUT2D eigenvalue weighted by molar-refractivity contribution is 6.30. The van der Waals surface area contributed by atoms with Gasteiger partial charge in [-0.15, -0.1) is 0 Å². The Kier molecular flexibility index (Phi) is 9.02. The van der Waals surface area contributed by atoms with Crippen molar-refractivity contribution >= 4 is 29.5 Å². The summed E-state index contributed by atoms with van der Waals surface area (Å²) >= 11 is 6.15. The normalized spacial score (nSPS) is 17.5. The van der Waals surface area contributed by atoms with Crippen LogP contribution in [0, 0.1) is 6.92 Å². The van der Waals surface area contributed by atoms with Gasteiger partial charge in [-0.05, 0) is 82.2 Å². The van der Waals surface area contributed by atoms with E-state index < -0.39 is 5.60 Å². The van der Waals surface area contributed by atoms with Gasteiger partial charge in [-0.1, -0.05) is 48.0 Å². The molecule has 0 aliphatic carbocycles. The zero-order valence-electron chi connectivity index (χ0n) is 25.0. The second-order valence-corrected chi connectivity index (χ2v) is 12.6. The molecule has 222 valence electrons. The molecule has 2 aliphatic rings. The highest BCUT2D eigenvalue weighted by Crippen LogP contribution is 2.35. The number of amides is 2. The van der Waals surface area contributed by atoms with Gasteiger partial charge in [-0.25, -0.2) is 14.8 Å². The summed E-state index contributed by atoms with van der Waals surface area (Å²) in [5.41, 5.74) is 4.37. The van der Waals surface area contributed by atoms with Gasteiger partial charge < -0.3 is 19.4 Å². The van der Waals surface area contributed by atoms with Crippen LogP contribution in [0.4, 0.5) is 10.7 Å². The van der Waals surface area contributed by atoms with E-state index in [1.165, 1.54) is 16.7 Å². The van der Waals surface area contributed by atoms with E-state index in [2.05, 4.69) is 36.1 Å². The molecule has 2 fully saturated rings. The van der Waals surface area contributed by atoms with Gasteiger partial charge in [-0.2, -0.15) is 0 Å². The van der Waals surface area contributed by atoms with Crippen LogP contribution < -0.4 is 4.90 Å². The number of hydrogen-bond acceptors (Lipinski definition) is 6. The largest absolute Gasteiger partial charge is 0.444 e. The molecule has 1 atom stereocenters. The Bertz CT molecular complexity index is 1410. The lowest BCUT2D eigenvalue weighted by molar-refractivity contribution is 0.0140. The zero-order chi connectivity index (χ0) is 29.9. The molecule has 2 amide bonds. The quantitative estimate of drug-likeness (QED) is 0.338. The van der Waals surface area contributed by atoms with E-state index >= 15 is 0 Å². The molecule has 0 spiro atoms. The van der Waals surface area contributed by atoms with Crippen molar-refractivity contribution in [2.45, 2.75) is 65.0 Å². The molecule has 0 saturated carbocycles. The maximum Gasteiger partial charge on any atom is 0.410 e. The van der Waals surface area contributed by atoms with E-state index in [-0.39, 0.29) is 18.0 Å². The summed E-state index contributed by atoms with van der Waals surface area (Å²) in [5.74, 6) is 0.555. The van der Waals surface area contributed by atoms with Crippen molar-refractivity contribution < 1.29 is 14.3 Å². The average Bonchev–Trinajstić information content (AvgIpc) is 3.46. The maximum absolute atomic E-state index is 13.8. The van der Waals surface area contributed by atoms with Crippen molar-refractivity contribution in [3.63, 3.8) is 0 Å². The lowest BCUT2D eigenvalue weighted by Gasteiger charge is -2.35. The highest BCUT2D eigenvalue weighted by Gasteiger charge is 2.32.